The van der Waals surface area contributed by atoms with Crippen molar-refractivity contribution in [2.45, 2.75) is 32.3 Å². The summed E-state index contributed by atoms with van der Waals surface area (Å²) >= 11 is 0. The van der Waals surface area contributed by atoms with Gasteiger partial charge in [0.1, 0.15) is 5.75 Å². The minimum atomic E-state index is -1.24. The first-order chi connectivity index (χ1) is 8.60. The molecular formula is C14H18O4. The maximum Gasteiger partial charge on any atom is 0.340 e. The van der Waals surface area contributed by atoms with Crippen molar-refractivity contribution in [2.24, 2.45) is 0 Å². The van der Waals surface area contributed by atoms with Gasteiger partial charge in [0, 0.05) is 12.2 Å². The number of rotatable bonds is 4. The van der Waals surface area contributed by atoms with Crippen molar-refractivity contribution >= 4 is 5.97 Å². The molecule has 1 aliphatic heterocycles. The standard InChI is InChI=1S/C14H18O4/c1-3-17-12-6-5-10(2)9-11(12)14(13(15)16)7-4-8-18-14/h5-6,9H,3-4,7-8H2,1-2H3,(H,15,16). The second kappa shape index (κ2) is 4.98. The Hall–Kier alpha value is -1.55. The summed E-state index contributed by atoms with van der Waals surface area (Å²) in [5.74, 6) is -0.334. The van der Waals surface area contributed by atoms with Crippen molar-refractivity contribution in [3.63, 3.8) is 0 Å². The van der Waals surface area contributed by atoms with Crippen LogP contribution in [0.1, 0.15) is 30.9 Å². The van der Waals surface area contributed by atoms with E-state index in [9.17, 15) is 9.90 Å². The van der Waals surface area contributed by atoms with Crippen LogP contribution in [0.2, 0.25) is 0 Å². The lowest BCUT2D eigenvalue weighted by molar-refractivity contribution is -0.161. The summed E-state index contributed by atoms with van der Waals surface area (Å²) in [6.07, 6.45) is 1.25. The number of ether oxygens (including phenoxy) is 2. The Kier molecular flexibility index (Phi) is 3.57. The van der Waals surface area contributed by atoms with Crippen LogP contribution in [0.4, 0.5) is 0 Å². The van der Waals surface area contributed by atoms with Gasteiger partial charge in [-0.15, -0.1) is 0 Å². The summed E-state index contributed by atoms with van der Waals surface area (Å²) < 4.78 is 11.1. The molecule has 18 heavy (non-hydrogen) atoms. The summed E-state index contributed by atoms with van der Waals surface area (Å²) in [5, 5.41) is 9.52. The Morgan fingerprint density at radius 1 is 1.56 bits per heavy atom. The van der Waals surface area contributed by atoms with E-state index >= 15 is 0 Å². The van der Waals surface area contributed by atoms with Crippen LogP contribution >= 0.6 is 0 Å². The van der Waals surface area contributed by atoms with Crippen LogP contribution in [0.25, 0.3) is 0 Å². The van der Waals surface area contributed by atoms with Gasteiger partial charge in [0.2, 0.25) is 0 Å². The molecule has 4 heteroatoms. The highest BCUT2D eigenvalue weighted by Crippen LogP contribution is 2.41. The third kappa shape index (κ3) is 2.08. The molecule has 0 aromatic heterocycles. The topological polar surface area (TPSA) is 55.8 Å². The third-order valence-corrected chi connectivity index (χ3v) is 3.24. The van der Waals surface area contributed by atoms with E-state index in [2.05, 4.69) is 0 Å². The number of carboxylic acids is 1. The van der Waals surface area contributed by atoms with Crippen molar-refractivity contribution in [1.29, 1.82) is 0 Å². The molecule has 0 radical (unpaired) electrons. The number of aryl methyl sites for hydroxylation is 1. The van der Waals surface area contributed by atoms with E-state index in [4.69, 9.17) is 9.47 Å². The number of carboxylic acid groups (broad SMARTS) is 1. The van der Waals surface area contributed by atoms with E-state index in [1.54, 1.807) is 0 Å². The molecule has 1 saturated heterocycles. The Morgan fingerprint density at radius 2 is 2.33 bits per heavy atom. The molecule has 1 fully saturated rings. The van der Waals surface area contributed by atoms with Crippen LogP contribution in [-0.4, -0.2) is 24.3 Å². The van der Waals surface area contributed by atoms with Crippen molar-refractivity contribution in [2.75, 3.05) is 13.2 Å². The minimum Gasteiger partial charge on any atom is -0.493 e. The van der Waals surface area contributed by atoms with Crippen LogP contribution in [0.3, 0.4) is 0 Å². The highest BCUT2D eigenvalue weighted by Gasteiger charge is 2.46. The molecule has 2 rings (SSSR count). The average molecular weight is 250 g/mol. The maximum atomic E-state index is 11.6. The van der Waals surface area contributed by atoms with Gasteiger partial charge in [0.15, 0.2) is 5.60 Å². The fraction of sp³-hybridized carbons (Fsp3) is 0.500. The molecule has 0 bridgehead atoms. The zero-order chi connectivity index (χ0) is 13.2. The summed E-state index contributed by atoms with van der Waals surface area (Å²) in [4.78, 5) is 11.6. The number of carbonyl (C=O) groups is 1. The molecule has 1 aromatic rings. The second-order valence-electron chi connectivity index (χ2n) is 4.52. The summed E-state index contributed by atoms with van der Waals surface area (Å²) in [6, 6.07) is 5.59. The molecule has 1 aromatic carbocycles. The van der Waals surface area contributed by atoms with E-state index in [0.29, 0.717) is 30.9 Å². The lowest BCUT2D eigenvalue weighted by atomic mass is 9.89. The predicted molar refractivity (Wildman–Crippen MR) is 66.8 cm³/mol. The van der Waals surface area contributed by atoms with Crippen LogP contribution in [0.15, 0.2) is 18.2 Å². The van der Waals surface area contributed by atoms with Gasteiger partial charge in [-0.3, -0.25) is 0 Å². The van der Waals surface area contributed by atoms with Gasteiger partial charge in [-0.05, 0) is 38.8 Å². The third-order valence-electron chi connectivity index (χ3n) is 3.24. The van der Waals surface area contributed by atoms with Gasteiger partial charge in [0.05, 0.1) is 6.61 Å². The highest BCUT2D eigenvalue weighted by molar-refractivity contribution is 5.81. The molecule has 98 valence electrons. The van der Waals surface area contributed by atoms with Gasteiger partial charge in [-0.1, -0.05) is 11.6 Å². The molecule has 0 aliphatic carbocycles. The molecule has 4 nitrogen and oxygen atoms in total. The van der Waals surface area contributed by atoms with Gasteiger partial charge in [-0.2, -0.15) is 0 Å². The average Bonchev–Trinajstić information content (AvgIpc) is 2.82. The molecule has 1 N–H and O–H groups in total. The van der Waals surface area contributed by atoms with Crippen molar-refractivity contribution in [1.82, 2.24) is 0 Å². The van der Waals surface area contributed by atoms with Crippen LogP contribution in [-0.2, 0) is 15.1 Å². The summed E-state index contributed by atoms with van der Waals surface area (Å²) in [6.45, 7) is 4.80. The quantitative estimate of drug-likeness (QED) is 0.892. The van der Waals surface area contributed by atoms with Gasteiger partial charge in [-0.25, -0.2) is 4.79 Å². The molecule has 1 atom stereocenters. The fourth-order valence-electron chi connectivity index (χ4n) is 2.38. The fourth-order valence-corrected chi connectivity index (χ4v) is 2.38. The van der Waals surface area contributed by atoms with Crippen molar-refractivity contribution in [3.05, 3.63) is 29.3 Å². The van der Waals surface area contributed by atoms with Crippen LogP contribution in [0.5, 0.6) is 5.75 Å². The predicted octanol–water partition coefficient (Wildman–Crippen LogP) is 2.48. The molecule has 0 spiro atoms. The Bertz CT molecular complexity index is 447. The normalized spacial score (nSPS) is 23.0. The number of hydrogen-bond acceptors (Lipinski definition) is 3. The first-order valence-corrected chi connectivity index (χ1v) is 6.21. The molecular weight excluding hydrogens is 232 g/mol. The first kappa shape index (κ1) is 12.9. The van der Waals surface area contributed by atoms with E-state index in [1.807, 2.05) is 32.0 Å². The number of hydrogen-bond donors (Lipinski definition) is 1. The van der Waals surface area contributed by atoms with E-state index < -0.39 is 11.6 Å². The summed E-state index contributed by atoms with van der Waals surface area (Å²) in [5.41, 5.74) is 0.398. The molecule has 1 aliphatic rings. The van der Waals surface area contributed by atoms with Crippen molar-refractivity contribution < 1.29 is 19.4 Å². The zero-order valence-corrected chi connectivity index (χ0v) is 10.7. The zero-order valence-electron chi connectivity index (χ0n) is 10.7. The number of benzene rings is 1. The Morgan fingerprint density at radius 3 is 2.89 bits per heavy atom. The van der Waals surface area contributed by atoms with Gasteiger partial charge >= 0.3 is 5.97 Å². The number of aliphatic carboxylic acids is 1. The summed E-state index contributed by atoms with van der Waals surface area (Å²) in [7, 11) is 0. The van der Waals surface area contributed by atoms with E-state index in [1.165, 1.54) is 0 Å². The van der Waals surface area contributed by atoms with Crippen molar-refractivity contribution in [3.8, 4) is 5.75 Å². The van der Waals surface area contributed by atoms with E-state index in [0.717, 1.165) is 12.0 Å². The van der Waals surface area contributed by atoms with Crippen LogP contribution < -0.4 is 4.74 Å². The SMILES string of the molecule is CCOc1ccc(C)cc1C1(C(=O)O)CCCO1. The first-order valence-electron chi connectivity index (χ1n) is 6.21. The molecule has 0 amide bonds. The van der Waals surface area contributed by atoms with Gasteiger partial charge in [0.25, 0.3) is 0 Å². The van der Waals surface area contributed by atoms with E-state index in [-0.39, 0.29) is 0 Å². The lowest BCUT2D eigenvalue weighted by Gasteiger charge is -2.26. The molecule has 0 saturated carbocycles. The smallest absolute Gasteiger partial charge is 0.340 e. The monoisotopic (exact) mass is 250 g/mol. The largest absolute Gasteiger partial charge is 0.493 e. The second-order valence-corrected chi connectivity index (χ2v) is 4.52. The minimum absolute atomic E-state index is 0.478. The Labute approximate surface area is 107 Å². The molecule has 1 heterocycles. The van der Waals surface area contributed by atoms with Crippen LogP contribution in [0, 0.1) is 6.92 Å². The molecule has 1 unspecified atom stereocenters. The Balaban J connectivity index is 2.52. The lowest BCUT2D eigenvalue weighted by Crippen LogP contribution is -2.35. The maximum absolute atomic E-state index is 11.6. The highest BCUT2D eigenvalue weighted by atomic mass is 16.5. The van der Waals surface area contributed by atoms with Gasteiger partial charge < -0.3 is 14.6 Å².